The molecule has 2 aromatic carbocycles. The number of phenolic OH excluding ortho intramolecular Hbond substituents is 1. The van der Waals surface area contributed by atoms with Crippen molar-refractivity contribution in [2.75, 3.05) is 0 Å². The molecule has 1 aliphatic carbocycles. The van der Waals surface area contributed by atoms with Crippen molar-refractivity contribution in [3.8, 4) is 16.9 Å². The second-order valence-corrected chi connectivity index (χ2v) is 7.11. The minimum atomic E-state index is 0.305. The highest BCUT2D eigenvalue weighted by Crippen LogP contribution is 2.47. The van der Waals surface area contributed by atoms with Crippen LogP contribution in [0.4, 0.5) is 0 Å². The van der Waals surface area contributed by atoms with E-state index >= 15 is 0 Å². The first kappa shape index (κ1) is 16.6. The maximum atomic E-state index is 10.5. The Balaban J connectivity index is 2.30. The first-order chi connectivity index (χ1) is 11.3. The summed E-state index contributed by atoms with van der Waals surface area (Å²) in [5.41, 5.74) is 11.4. The molecule has 0 saturated heterocycles. The lowest BCUT2D eigenvalue weighted by Gasteiger charge is -2.22. The zero-order valence-corrected chi connectivity index (χ0v) is 15.5. The van der Waals surface area contributed by atoms with Crippen LogP contribution in [-0.4, -0.2) is 5.11 Å². The molecule has 0 fully saturated rings. The summed E-state index contributed by atoms with van der Waals surface area (Å²) in [5.74, 6) is 0.661. The Morgan fingerprint density at radius 1 is 0.792 bits per heavy atom. The van der Waals surface area contributed by atoms with E-state index in [1.807, 2.05) is 6.07 Å². The Bertz CT molecular complexity index is 837. The summed E-state index contributed by atoms with van der Waals surface area (Å²) in [6.07, 6.45) is 0. The van der Waals surface area contributed by atoms with Gasteiger partial charge in [-0.25, -0.2) is 0 Å². The molecule has 1 N–H and O–H groups in total. The number of benzene rings is 2. The van der Waals surface area contributed by atoms with Gasteiger partial charge in [0.05, 0.1) is 0 Å². The topological polar surface area (TPSA) is 20.2 Å². The van der Waals surface area contributed by atoms with Crippen molar-refractivity contribution in [2.45, 2.75) is 47.5 Å². The van der Waals surface area contributed by atoms with Gasteiger partial charge >= 0.3 is 0 Å². The quantitative estimate of drug-likeness (QED) is 0.675. The molecular formula is C23H26O. The highest BCUT2D eigenvalue weighted by atomic mass is 16.3. The molecule has 0 aromatic heterocycles. The fraction of sp³-hybridized carbons (Fsp3) is 0.304. The first-order valence-electron chi connectivity index (χ1n) is 8.57. The van der Waals surface area contributed by atoms with Crippen LogP contribution in [0.15, 0.2) is 58.7 Å². The lowest BCUT2D eigenvalue weighted by atomic mass is 9.82. The molecule has 0 heterocycles. The van der Waals surface area contributed by atoms with Crippen LogP contribution in [0.2, 0.25) is 0 Å². The van der Waals surface area contributed by atoms with Crippen molar-refractivity contribution in [3.05, 3.63) is 75.4 Å². The summed E-state index contributed by atoms with van der Waals surface area (Å²) >= 11 is 0. The van der Waals surface area contributed by atoms with Crippen molar-refractivity contribution >= 4 is 0 Å². The fourth-order valence-corrected chi connectivity index (χ4v) is 3.97. The van der Waals surface area contributed by atoms with Crippen LogP contribution in [0.1, 0.15) is 50.3 Å². The van der Waals surface area contributed by atoms with Crippen LogP contribution in [0.25, 0.3) is 11.1 Å². The summed E-state index contributed by atoms with van der Waals surface area (Å²) < 4.78 is 0. The normalized spacial score (nSPS) is 15.6. The molecule has 124 valence electrons. The Hall–Kier alpha value is -2.28. The maximum absolute atomic E-state index is 10.5. The van der Waals surface area contributed by atoms with E-state index in [4.69, 9.17) is 0 Å². The summed E-state index contributed by atoms with van der Waals surface area (Å²) in [6.45, 7) is 13.1. The van der Waals surface area contributed by atoms with Gasteiger partial charge in [0.15, 0.2) is 0 Å². The molecule has 0 radical (unpaired) electrons. The molecule has 0 saturated carbocycles. The average molecular weight is 318 g/mol. The third-order valence-electron chi connectivity index (χ3n) is 5.65. The molecule has 0 amide bonds. The van der Waals surface area contributed by atoms with E-state index in [0.717, 1.165) is 16.7 Å². The molecule has 2 aromatic rings. The van der Waals surface area contributed by atoms with Gasteiger partial charge in [-0.05, 0) is 75.4 Å². The number of aromatic hydroxyl groups is 1. The monoisotopic (exact) mass is 318 g/mol. The highest BCUT2D eigenvalue weighted by molar-refractivity contribution is 5.78. The number of rotatable bonds is 2. The van der Waals surface area contributed by atoms with E-state index in [-0.39, 0.29) is 0 Å². The Morgan fingerprint density at radius 2 is 1.42 bits per heavy atom. The molecule has 3 rings (SSSR count). The molecule has 0 spiro atoms. The zero-order valence-electron chi connectivity index (χ0n) is 15.5. The van der Waals surface area contributed by atoms with E-state index in [0.29, 0.717) is 11.7 Å². The average Bonchev–Trinajstić information content (AvgIpc) is 2.72. The van der Waals surface area contributed by atoms with Gasteiger partial charge in [-0.1, -0.05) is 47.0 Å². The highest BCUT2D eigenvalue weighted by Gasteiger charge is 2.28. The van der Waals surface area contributed by atoms with Crippen molar-refractivity contribution in [3.63, 3.8) is 0 Å². The lowest BCUT2D eigenvalue weighted by molar-refractivity contribution is 0.477. The van der Waals surface area contributed by atoms with Crippen LogP contribution in [0, 0.1) is 13.8 Å². The van der Waals surface area contributed by atoms with Gasteiger partial charge in [0.1, 0.15) is 5.75 Å². The molecule has 0 atom stereocenters. The molecule has 24 heavy (non-hydrogen) atoms. The summed E-state index contributed by atoms with van der Waals surface area (Å²) in [7, 11) is 0. The molecule has 0 bridgehead atoms. The van der Waals surface area contributed by atoms with Crippen LogP contribution >= 0.6 is 0 Å². The molecule has 0 aliphatic heterocycles. The first-order valence-corrected chi connectivity index (χ1v) is 8.57. The summed E-state index contributed by atoms with van der Waals surface area (Å²) in [6, 6.07) is 12.3. The SMILES string of the molecule is CC1=C(C)C(c2cc(C)ccc2-c2c(C)cccc2O)C(C)=C1C. The molecular weight excluding hydrogens is 292 g/mol. The van der Waals surface area contributed by atoms with Crippen LogP contribution in [0.5, 0.6) is 5.75 Å². The number of hydrogen-bond acceptors (Lipinski definition) is 1. The lowest BCUT2D eigenvalue weighted by Crippen LogP contribution is -2.03. The van der Waals surface area contributed by atoms with Gasteiger partial charge in [-0.2, -0.15) is 0 Å². The van der Waals surface area contributed by atoms with E-state index in [2.05, 4.69) is 65.8 Å². The van der Waals surface area contributed by atoms with Gasteiger partial charge in [-0.3, -0.25) is 0 Å². The van der Waals surface area contributed by atoms with E-state index < -0.39 is 0 Å². The van der Waals surface area contributed by atoms with Crippen molar-refractivity contribution < 1.29 is 5.11 Å². The zero-order chi connectivity index (χ0) is 17.6. The molecule has 1 heteroatoms. The fourth-order valence-electron chi connectivity index (χ4n) is 3.97. The third kappa shape index (κ3) is 2.49. The van der Waals surface area contributed by atoms with Crippen LogP contribution in [0.3, 0.4) is 0 Å². The number of hydrogen-bond donors (Lipinski definition) is 1. The molecule has 1 nitrogen and oxygen atoms in total. The predicted molar refractivity (Wildman–Crippen MR) is 103 cm³/mol. The number of aryl methyl sites for hydroxylation is 2. The van der Waals surface area contributed by atoms with Crippen LogP contribution < -0.4 is 0 Å². The molecule has 1 aliphatic rings. The van der Waals surface area contributed by atoms with Gasteiger partial charge < -0.3 is 5.11 Å². The Kier molecular flexibility index (Phi) is 4.13. The minimum Gasteiger partial charge on any atom is -0.507 e. The van der Waals surface area contributed by atoms with Crippen molar-refractivity contribution in [1.82, 2.24) is 0 Å². The van der Waals surface area contributed by atoms with Gasteiger partial charge in [0.25, 0.3) is 0 Å². The number of phenols is 1. The molecule has 0 unspecified atom stereocenters. The Labute approximate surface area is 145 Å². The van der Waals surface area contributed by atoms with Crippen LogP contribution in [-0.2, 0) is 0 Å². The second kappa shape index (κ2) is 5.98. The standard InChI is InChI=1S/C23H26O/c1-13-10-11-19(22-14(2)8-7-9-21(22)24)20(12-13)23-17(5)15(3)16(4)18(23)6/h7-12,23-24H,1-6H3. The van der Waals surface area contributed by atoms with Gasteiger partial charge in [0.2, 0.25) is 0 Å². The minimum absolute atomic E-state index is 0.305. The van der Waals surface area contributed by atoms with E-state index in [1.165, 1.54) is 33.4 Å². The maximum Gasteiger partial charge on any atom is 0.123 e. The Morgan fingerprint density at radius 3 is 2.00 bits per heavy atom. The van der Waals surface area contributed by atoms with Gasteiger partial charge in [-0.15, -0.1) is 0 Å². The van der Waals surface area contributed by atoms with E-state index in [1.54, 1.807) is 6.07 Å². The van der Waals surface area contributed by atoms with Crippen molar-refractivity contribution in [2.24, 2.45) is 0 Å². The number of allylic oxidation sites excluding steroid dienone is 4. The summed E-state index contributed by atoms with van der Waals surface area (Å²) in [5, 5.41) is 10.5. The van der Waals surface area contributed by atoms with Crippen molar-refractivity contribution in [1.29, 1.82) is 0 Å². The smallest absolute Gasteiger partial charge is 0.123 e. The predicted octanol–water partition coefficient (Wildman–Crippen LogP) is 6.45. The second-order valence-electron chi connectivity index (χ2n) is 7.11. The third-order valence-corrected chi connectivity index (χ3v) is 5.65. The van der Waals surface area contributed by atoms with Gasteiger partial charge in [0, 0.05) is 11.5 Å². The van der Waals surface area contributed by atoms with E-state index in [9.17, 15) is 5.11 Å². The summed E-state index contributed by atoms with van der Waals surface area (Å²) in [4.78, 5) is 0. The largest absolute Gasteiger partial charge is 0.507 e.